The number of benzene rings is 2. The largest absolute Gasteiger partial charge is 0.368 e. The Hall–Kier alpha value is -3.59. The van der Waals surface area contributed by atoms with E-state index in [1.54, 1.807) is 24.4 Å². The first-order valence-corrected chi connectivity index (χ1v) is 17.7. The van der Waals surface area contributed by atoms with E-state index >= 15 is 0 Å². The van der Waals surface area contributed by atoms with Crippen molar-refractivity contribution in [1.29, 1.82) is 0 Å². The van der Waals surface area contributed by atoms with Gasteiger partial charge in [0.2, 0.25) is 17.7 Å². The third kappa shape index (κ3) is 6.61. The van der Waals surface area contributed by atoms with E-state index in [0.29, 0.717) is 19.4 Å². The van der Waals surface area contributed by atoms with Crippen LogP contribution in [0, 0.1) is 0 Å². The number of likely N-dealkylation sites (N-methyl/N-ethyl adjacent to an activating group) is 1. The molecule has 2 aromatic rings. The molecule has 2 aliphatic carbocycles. The second-order valence-electron chi connectivity index (χ2n) is 13.6. The van der Waals surface area contributed by atoms with E-state index in [2.05, 4.69) is 62.1 Å². The lowest BCUT2D eigenvalue weighted by Crippen LogP contribution is -2.55. The average Bonchev–Trinajstić information content (AvgIpc) is 3.60. The summed E-state index contributed by atoms with van der Waals surface area (Å²) >= 11 is 0. The number of fused-ring (bicyclic) bond motifs is 2. The van der Waals surface area contributed by atoms with Crippen molar-refractivity contribution in [2.75, 3.05) is 49.6 Å². The van der Waals surface area contributed by atoms with Crippen LogP contribution in [0.25, 0.3) is 0 Å². The van der Waals surface area contributed by atoms with Gasteiger partial charge in [-0.05, 0) is 113 Å². The third-order valence-corrected chi connectivity index (χ3v) is 10.8. The van der Waals surface area contributed by atoms with Crippen molar-refractivity contribution < 1.29 is 14.4 Å². The van der Waals surface area contributed by atoms with Crippen LogP contribution >= 0.6 is 0 Å². The van der Waals surface area contributed by atoms with Crippen LogP contribution in [0.2, 0.25) is 0 Å². The summed E-state index contributed by atoms with van der Waals surface area (Å²) in [5.41, 5.74) is 8.43. The van der Waals surface area contributed by atoms with Crippen LogP contribution < -0.4 is 25.8 Å². The molecule has 3 N–H and O–H groups in total. The highest BCUT2D eigenvalue weighted by Gasteiger charge is 2.39. The molecule has 2 heterocycles. The highest BCUT2D eigenvalue weighted by atomic mass is 16.2. The number of carbonyl (C=O) groups is 3. The summed E-state index contributed by atoms with van der Waals surface area (Å²) in [4.78, 5) is 46.6. The summed E-state index contributed by atoms with van der Waals surface area (Å²) in [6.07, 6.45) is 9.83. The van der Waals surface area contributed by atoms with Crippen LogP contribution in [0.3, 0.4) is 0 Å². The van der Waals surface area contributed by atoms with Crippen molar-refractivity contribution in [3.63, 3.8) is 0 Å². The zero-order valence-electron chi connectivity index (χ0n) is 27.9. The number of amides is 3. The maximum absolute atomic E-state index is 13.8. The average molecular weight is 629 g/mol. The van der Waals surface area contributed by atoms with Gasteiger partial charge in [-0.3, -0.25) is 14.4 Å². The molecule has 2 aromatic carbocycles. The summed E-state index contributed by atoms with van der Waals surface area (Å²) in [5, 5.41) is 9.16. The Morgan fingerprint density at radius 2 is 1.50 bits per heavy atom. The predicted molar refractivity (Wildman–Crippen MR) is 183 cm³/mol. The zero-order valence-corrected chi connectivity index (χ0v) is 27.9. The van der Waals surface area contributed by atoms with E-state index in [0.717, 1.165) is 51.9 Å². The standard InChI is InChI=1S/C37H52N6O3/c1-4-30(39-35(44)25(2)38-3)37(46)43-20-10-19-34(43)36(45)40-31-16-8-15-29-28(31)14-9-18-33(29)42-23-21-41(22-24-42)32-17-7-12-26-11-5-6-13-27(26)32/h7,9,12,14,17-18,25,30-31,34,38H,4-6,8,10-11,13,15-16,19-24H2,1-3H3,(H,39,44)(H,40,45)/t25-,30-,31+,34-/m0/s1. The first-order chi connectivity index (χ1) is 22.4. The van der Waals surface area contributed by atoms with Gasteiger partial charge in [-0.15, -0.1) is 0 Å². The number of piperazine rings is 1. The van der Waals surface area contributed by atoms with Gasteiger partial charge in [0.25, 0.3) is 0 Å². The topological polar surface area (TPSA) is 97.0 Å². The maximum atomic E-state index is 13.8. The number of aryl methyl sites for hydroxylation is 1. The molecule has 3 amide bonds. The monoisotopic (exact) mass is 628 g/mol. The van der Waals surface area contributed by atoms with E-state index in [1.165, 1.54) is 53.7 Å². The number of anilines is 2. The number of nitrogens with zero attached hydrogens (tertiary/aromatic N) is 3. The third-order valence-electron chi connectivity index (χ3n) is 10.8. The molecule has 0 spiro atoms. The van der Waals surface area contributed by atoms with E-state index in [9.17, 15) is 14.4 Å². The summed E-state index contributed by atoms with van der Waals surface area (Å²) in [6.45, 7) is 8.19. The SMILES string of the molecule is CC[C@H](NC(=O)[C@H](C)NC)C(=O)N1CCC[C@H]1C(=O)N[C@@H]1CCCc2c1cccc2N1CCN(c2cccc3c2CCCC3)CC1. The fourth-order valence-corrected chi connectivity index (χ4v) is 8.06. The van der Waals surface area contributed by atoms with Crippen molar-refractivity contribution in [3.8, 4) is 0 Å². The van der Waals surface area contributed by atoms with Gasteiger partial charge in [0, 0.05) is 44.1 Å². The second kappa shape index (κ2) is 14.4. The summed E-state index contributed by atoms with van der Waals surface area (Å²) < 4.78 is 0. The Balaban J connectivity index is 1.11. The van der Waals surface area contributed by atoms with Crippen molar-refractivity contribution in [2.45, 2.75) is 102 Å². The fourth-order valence-electron chi connectivity index (χ4n) is 8.06. The number of nitrogens with one attached hydrogen (secondary N) is 3. The van der Waals surface area contributed by atoms with Gasteiger partial charge in [-0.2, -0.15) is 0 Å². The Morgan fingerprint density at radius 1 is 0.826 bits per heavy atom. The lowest BCUT2D eigenvalue weighted by Gasteiger charge is -2.40. The number of carbonyl (C=O) groups excluding carboxylic acids is 3. The highest BCUT2D eigenvalue weighted by molar-refractivity contribution is 5.93. The molecule has 4 aliphatic rings. The van der Waals surface area contributed by atoms with Gasteiger partial charge in [0.15, 0.2) is 0 Å². The Labute approximate surface area is 274 Å². The molecule has 9 nitrogen and oxygen atoms in total. The Kier molecular flexibility index (Phi) is 10.2. The molecule has 2 saturated heterocycles. The van der Waals surface area contributed by atoms with E-state index < -0.39 is 18.1 Å². The predicted octanol–water partition coefficient (Wildman–Crippen LogP) is 3.88. The first-order valence-electron chi connectivity index (χ1n) is 17.7. The van der Waals surface area contributed by atoms with Crippen LogP contribution in [0.4, 0.5) is 11.4 Å². The Bertz CT molecular complexity index is 1420. The molecule has 0 aromatic heterocycles. The quantitative estimate of drug-likeness (QED) is 0.390. The molecule has 248 valence electrons. The number of hydrogen-bond donors (Lipinski definition) is 3. The normalized spacial score (nSPS) is 22.5. The molecular formula is C37H52N6O3. The summed E-state index contributed by atoms with van der Waals surface area (Å²) in [7, 11) is 1.72. The van der Waals surface area contributed by atoms with Gasteiger partial charge < -0.3 is 30.7 Å². The molecule has 6 rings (SSSR count). The van der Waals surface area contributed by atoms with Gasteiger partial charge in [-0.1, -0.05) is 31.2 Å². The van der Waals surface area contributed by atoms with Crippen LogP contribution in [0.5, 0.6) is 0 Å². The smallest absolute Gasteiger partial charge is 0.245 e. The minimum absolute atomic E-state index is 0.0657. The number of likely N-dealkylation sites (tertiary alicyclic amines) is 1. The van der Waals surface area contributed by atoms with Gasteiger partial charge in [-0.25, -0.2) is 0 Å². The van der Waals surface area contributed by atoms with E-state index in [1.807, 2.05) is 6.92 Å². The molecule has 46 heavy (non-hydrogen) atoms. The van der Waals surface area contributed by atoms with Crippen molar-refractivity contribution in [2.24, 2.45) is 0 Å². The molecule has 0 radical (unpaired) electrons. The minimum atomic E-state index is -0.637. The van der Waals surface area contributed by atoms with Crippen molar-refractivity contribution in [1.82, 2.24) is 20.9 Å². The molecule has 0 unspecified atom stereocenters. The van der Waals surface area contributed by atoms with Crippen LogP contribution in [0.1, 0.15) is 87.1 Å². The molecule has 2 fully saturated rings. The van der Waals surface area contributed by atoms with Gasteiger partial charge in [0.05, 0.1) is 12.1 Å². The van der Waals surface area contributed by atoms with Crippen molar-refractivity contribution in [3.05, 3.63) is 58.7 Å². The zero-order chi connectivity index (χ0) is 32.2. The molecule has 0 saturated carbocycles. The van der Waals surface area contributed by atoms with Crippen LogP contribution in [-0.4, -0.2) is 80.5 Å². The Morgan fingerprint density at radius 3 is 2.22 bits per heavy atom. The van der Waals surface area contributed by atoms with Gasteiger partial charge in [0.1, 0.15) is 12.1 Å². The lowest BCUT2D eigenvalue weighted by molar-refractivity contribution is -0.141. The van der Waals surface area contributed by atoms with Gasteiger partial charge >= 0.3 is 0 Å². The molecule has 0 bridgehead atoms. The van der Waals surface area contributed by atoms with Crippen molar-refractivity contribution >= 4 is 29.1 Å². The van der Waals surface area contributed by atoms with E-state index in [4.69, 9.17) is 0 Å². The molecule has 9 heteroatoms. The molecular weight excluding hydrogens is 576 g/mol. The highest BCUT2D eigenvalue weighted by Crippen LogP contribution is 2.37. The van der Waals surface area contributed by atoms with E-state index in [-0.39, 0.29) is 23.8 Å². The molecule has 4 atom stereocenters. The van der Waals surface area contributed by atoms with Crippen LogP contribution in [0.15, 0.2) is 36.4 Å². The first kappa shape index (κ1) is 32.4. The minimum Gasteiger partial charge on any atom is -0.368 e. The summed E-state index contributed by atoms with van der Waals surface area (Å²) in [5.74, 6) is -0.463. The van der Waals surface area contributed by atoms with Crippen LogP contribution in [-0.2, 0) is 33.6 Å². The fraction of sp³-hybridized carbons (Fsp3) is 0.595. The number of rotatable bonds is 9. The maximum Gasteiger partial charge on any atom is 0.245 e. The second-order valence-corrected chi connectivity index (χ2v) is 13.6. The molecule has 2 aliphatic heterocycles. The lowest BCUT2D eigenvalue weighted by atomic mass is 9.86. The summed E-state index contributed by atoms with van der Waals surface area (Å²) in [6, 6.07) is 11.8. The number of hydrogen-bond acceptors (Lipinski definition) is 6.